The molecule has 19 heavy (non-hydrogen) atoms. The van der Waals surface area contributed by atoms with E-state index in [9.17, 15) is 4.79 Å². The molecule has 0 aromatic carbocycles. The minimum Gasteiger partial charge on any atom is -0.290 e. The van der Waals surface area contributed by atoms with Crippen molar-refractivity contribution >= 4 is 29.0 Å². The fourth-order valence-electron chi connectivity index (χ4n) is 3.08. The van der Waals surface area contributed by atoms with Crippen LogP contribution in [-0.4, -0.2) is 10.1 Å². The zero-order chi connectivity index (χ0) is 14.5. The van der Waals surface area contributed by atoms with Gasteiger partial charge in [-0.3, -0.25) is 4.79 Å². The van der Waals surface area contributed by atoms with Gasteiger partial charge in [0.25, 0.3) is 0 Å². The minimum atomic E-state index is -0.622. The fraction of sp³-hybridized carbons (Fsp3) is 0.688. The number of hydrogen-bond donors (Lipinski definition) is 0. The average Bonchev–Trinajstić information content (AvgIpc) is 2.70. The van der Waals surface area contributed by atoms with E-state index < -0.39 is 4.33 Å². The SMILES string of the molecule is C/C1=C\CCC2(C)C(CC(C)(C)/C=C\C1=O)C2(Cl)Cl. The molecule has 2 rings (SSSR count). The molecule has 3 heteroatoms. The van der Waals surface area contributed by atoms with E-state index in [0.29, 0.717) is 5.92 Å². The topological polar surface area (TPSA) is 17.1 Å². The summed E-state index contributed by atoms with van der Waals surface area (Å²) >= 11 is 13.0. The van der Waals surface area contributed by atoms with Gasteiger partial charge in [-0.15, -0.1) is 23.2 Å². The van der Waals surface area contributed by atoms with Gasteiger partial charge in [0.15, 0.2) is 5.78 Å². The first-order valence-corrected chi connectivity index (χ1v) is 7.64. The van der Waals surface area contributed by atoms with Gasteiger partial charge in [-0.05, 0) is 43.3 Å². The number of hydrogen-bond acceptors (Lipinski definition) is 1. The van der Waals surface area contributed by atoms with Crippen molar-refractivity contribution in [1.29, 1.82) is 0 Å². The summed E-state index contributed by atoms with van der Waals surface area (Å²) in [6.45, 7) is 8.31. The molecule has 2 aliphatic rings. The van der Waals surface area contributed by atoms with Crippen LogP contribution in [0.5, 0.6) is 0 Å². The Balaban J connectivity index is 2.31. The zero-order valence-electron chi connectivity index (χ0n) is 12.1. The van der Waals surface area contributed by atoms with Crippen molar-refractivity contribution in [1.82, 2.24) is 0 Å². The van der Waals surface area contributed by atoms with E-state index in [2.05, 4.69) is 20.8 Å². The first-order valence-electron chi connectivity index (χ1n) is 6.88. The molecule has 1 saturated carbocycles. The van der Waals surface area contributed by atoms with Crippen LogP contribution in [0.2, 0.25) is 0 Å². The minimum absolute atomic E-state index is 0.0363. The molecule has 0 heterocycles. The Morgan fingerprint density at radius 1 is 1.26 bits per heavy atom. The van der Waals surface area contributed by atoms with Gasteiger partial charge in [-0.2, -0.15) is 0 Å². The smallest absolute Gasteiger partial charge is 0.180 e. The van der Waals surface area contributed by atoms with Crippen LogP contribution in [0.3, 0.4) is 0 Å². The van der Waals surface area contributed by atoms with Crippen LogP contribution < -0.4 is 0 Å². The van der Waals surface area contributed by atoms with E-state index in [1.807, 2.05) is 19.1 Å². The third-order valence-corrected chi connectivity index (χ3v) is 6.19. The Hall–Kier alpha value is -0.270. The van der Waals surface area contributed by atoms with Gasteiger partial charge in [-0.25, -0.2) is 0 Å². The lowest BCUT2D eigenvalue weighted by atomic mass is 9.84. The molecule has 1 nitrogen and oxygen atoms in total. The van der Waals surface area contributed by atoms with Crippen molar-refractivity contribution in [2.24, 2.45) is 16.7 Å². The van der Waals surface area contributed by atoms with Gasteiger partial charge in [0.1, 0.15) is 4.33 Å². The number of carbonyl (C=O) groups excluding carboxylic acids is 1. The van der Waals surface area contributed by atoms with Crippen LogP contribution in [0, 0.1) is 16.7 Å². The lowest BCUT2D eigenvalue weighted by Crippen LogP contribution is -2.12. The second-order valence-electron chi connectivity index (χ2n) is 6.91. The second kappa shape index (κ2) is 4.63. The summed E-state index contributed by atoms with van der Waals surface area (Å²) in [6.07, 6.45) is 8.42. The number of fused-ring (bicyclic) bond motifs is 1. The predicted molar refractivity (Wildman–Crippen MR) is 81.6 cm³/mol. The first kappa shape index (κ1) is 15.1. The standard InChI is InChI=1S/C16H22Cl2O/c1-11-6-5-8-15(4)13(16(15,17)18)10-14(2,3)9-7-12(11)19/h6-7,9,13H,5,8,10H2,1-4H3/b9-7-,11-6+. The summed E-state index contributed by atoms with van der Waals surface area (Å²) in [5.41, 5.74) is 0.716. The molecule has 0 aromatic rings. The largest absolute Gasteiger partial charge is 0.290 e. The number of alkyl halides is 2. The van der Waals surface area contributed by atoms with Crippen LogP contribution in [0.1, 0.15) is 47.0 Å². The molecule has 2 unspecified atom stereocenters. The molecular weight excluding hydrogens is 279 g/mol. The van der Waals surface area contributed by atoms with Gasteiger partial charge in [0.2, 0.25) is 0 Å². The molecule has 0 aliphatic heterocycles. The van der Waals surface area contributed by atoms with E-state index in [0.717, 1.165) is 24.8 Å². The van der Waals surface area contributed by atoms with Crippen molar-refractivity contribution in [3.05, 3.63) is 23.8 Å². The second-order valence-corrected chi connectivity index (χ2v) is 8.29. The molecule has 1 fully saturated rings. The fourth-order valence-corrected chi connectivity index (χ4v) is 4.06. The Morgan fingerprint density at radius 2 is 1.89 bits per heavy atom. The highest BCUT2D eigenvalue weighted by Crippen LogP contribution is 2.73. The summed E-state index contributed by atoms with van der Waals surface area (Å²) in [4.78, 5) is 11.9. The van der Waals surface area contributed by atoms with E-state index in [4.69, 9.17) is 23.2 Å². The number of carbonyl (C=O) groups is 1. The van der Waals surface area contributed by atoms with Crippen LogP contribution >= 0.6 is 23.2 Å². The highest BCUT2D eigenvalue weighted by molar-refractivity contribution is 6.51. The first-order chi connectivity index (χ1) is 8.60. The maximum atomic E-state index is 11.9. The molecule has 0 N–H and O–H groups in total. The summed E-state index contributed by atoms with van der Waals surface area (Å²) in [5.74, 6) is 0.404. The summed E-state index contributed by atoms with van der Waals surface area (Å²) in [5, 5.41) is 0. The summed E-state index contributed by atoms with van der Waals surface area (Å²) in [6, 6.07) is 0. The molecule has 2 atom stereocenters. The third kappa shape index (κ3) is 2.64. The third-order valence-electron chi connectivity index (χ3n) is 4.80. The van der Waals surface area contributed by atoms with Crippen molar-refractivity contribution in [3.8, 4) is 0 Å². The highest BCUT2D eigenvalue weighted by Gasteiger charge is 2.72. The van der Waals surface area contributed by atoms with Crippen molar-refractivity contribution in [3.63, 3.8) is 0 Å². The molecule has 2 aliphatic carbocycles. The van der Waals surface area contributed by atoms with Gasteiger partial charge in [0, 0.05) is 11.3 Å². The molecule has 0 aromatic heterocycles. The molecule has 0 bridgehead atoms. The summed E-state index contributed by atoms with van der Waals surface area (Å²) < 4.78 is -0.622. The molecule has 0 radical (unpaired) electrons. The lowest BCUT2D eigenvalue weighted by Gasteiger charge is -2.21. The zero-order valence-corrected chi connectivity index (χ0v) is 13.6. The van der Waals surface area contributed by atoms with Gasteiger partial charge >= 0.3 is 0 Å². The van der Waals surface area contributed by atoms with Crippen LogP contribution in [0.25, 0.3) is 0 Å². The molecule has 0 amide bonds. The predicted octanol–water partition coefficient (Wildman–Crippen LogP) is 5.08. The van der Waals surface area contributed by atoms with E-state index in [1.54, 1.807) is 6.08 Å². The van der Waals surface area contributed by atoms with Crippen molar-refractivity contribution in [2.75, 3.05) is 0 Å². The van der Waals surface area contributed by atoms with Gasteiger partial charge in [-0.1, -0.05) is 32.9 Å². The average molecular weight is 301 g/mol. The van der Waals surface area contributed by atoms with Crippen LogP contribution in [-0.2, 0) is 4.79 Å². The number of ketones is 1. The van der Waals surface area contributed by atoms with E-state index in [-0.39, 0.29) is 16.6 Å². The van der Waals surface area contributed by atoms with E-state index >= 15 is 0 Å². The van der Waals surface area contributed by atoms with Crippen LogP contribution in [0.15, 0.2) is 23.8 Å². The number of halogens is 2. The Kier molecular flexibility index (Phi) is 3.69. The maximum absolute atomic E-state index is 11.9. The van der Waals surface area contributed by atoms with E-state index in [1.165, 1.54) is 0 Å². The lowest BCUT2D eigenvalue weighted by molar-refractivity contribution is -0.111. The van der Waals surface area contributed by atoms with Crippen molar-refractivity contribution in [2.45, 2.75) is 51.3 Å². The quantitative estimate of drug-likeness (QED) is 0.570. The Morgan fingerprint density at radius 3 is 2.53 bits per heavy atom. The Bertz CT molecular complexity index is 459. The van der Waals surface area contributed by atoms with Gasteiger partial charge < -0.3 is 0 Å². The molecule has 106 valence electrons. The molecule has 0 saturated heterocycles. The maximum Gasteiger partial charge on any atom is 0.180 e. The van der Waals surface area contributed by atoms with Crippen molar-refractivity contribution < 1.29 is 4.79 Å². The number of rotatable bonds is 0. The monoisotopic (exact) mass is 300 g/mol. The van der Waals surface area contributed by atoms with Crippen LogP contribution in [0.4, 0.5) is 0 Å². The van der Waals surface area contributed by atoms with Gasteiger partial charge in [0.05, 0.1) is 0 Å². The summed E-state index contributed by atoms with van der Waals surface area (Å²) in [7, 11) is 0. The number of allylic oxidation sites excluding steroid dienone is 4. The highest BCUT2D eigenvalue weighted by atomic mass is 35.5. The normalized spacial score (nSPS) is 41.5. The molecule has 0 spiro atoms. The molecular formula is C16H22Cl2O. The Labute approximate surface area is 126 Å².